The SMILES string of the molecule is OC1CC12OC1(CC1)CC21CC1. The molecule has 0 aromatic heterocycles. The number of ether oxygens (including phenoxy) is 1. The molecule has 1 aliphatic heterocycles. The van der Waals surface area contributed by atoms with Crippen LogP contribution in [0.15, 0.2) is 0 Å². The second kappa shape index (κ2) is 1.38. The maximum absolute atomic E-state index is 9.63. The molecule has 12 heavy (non-hydrogen) atoms. The molecule has 1 N–H and O–H groups in total. The highest BCUT2D eigenvalue weighted by molar-refractivity contribution is 5.30. The fraction of sp³-hybridized carbons (Fsp3) is 1.00. The molecule has 0 bridgehead atoms. The fourth-order valence-electron chi connectivity index (χ4n) is 3.37. The van der Waals surface area contributed by atoms with E-state index in [1.165, 1.54) is 32.1 Å². The summed E-state index contributed by atoms with van der Waals surface area (Å²) in [7, 11) is 0. The van der Waals surface area contributed by atoms with Gasteiger partial charge in [0.05, 0.1) is 11.7 Å². The Hall–Kier alpha value is -0.0800. The Balaban J connectivity index is 1.78. The quantitative estimate of drug-likeness (QED) is 0.586. The lowest BCUT2D eigenvalue weighted by Gasteiger charge is -2.15. The molecule has 4 aliphatic rings. The minimum absolute atomic E-state index is 0.0382. The summed E-state index contributed by atoms with van der Waals surface area (Å²) in [5, 5.41) is 9.63. The van der Waals surface area contributed by atoms with Crippen molar-refractivity contribution in [1.29, 1.82) is 0 Å². The van der Waals surface area contributed by atoms with Gasteiger partial charge in [-0.25, -0.2) is 0 Å². The van der Waals surface area contributed by atoms with Gasteiger partial charge in [-0.3, -0.25) is 0 Å². The third-order valence-corrected chi connectivity index (χ3v) is 4.49. The van der Waals surface area contributed by atoms with Crippen LogP contribution in [0.25, 0.3) is 0 Å². The topological polar surface area (TPSA) is 29.5 Å². The average molecular weight is 166 g/mol. The van der Waals surface area contributed by atoms with E-state index in [1.807, 2.05) is 0 Å². The molecule has 3 saturated carbocycles. The average Bonchev–Trinajstić information content (AvgIpc) is 2.81. The highest BCUT2D eigenvalue weighted by Crippen LogP contribution is 2.77. The van der Waals surface area contributed by atoms with Crippen molar-refractivity contribution in [3.05, 3.63) is 0 Å². The summed E-state index contributed by atoms with van der Waals surface area (Å²) < 4.78 is 6.10. The standard InChI is InChI=1S/C10H14O2/c11-7-5-10(7)8(1-2-8)6-9(12-10)3-4-9/h7,11H,1-6H2. The van der Waals surface area contributed by atoms with Gasteiger partial charge >= 0.3 is 0 Å². The molecule has 0 amide bonds. The lowest BCUT2D eigenvalue weighted by molar-refractivity contribution is -0.0302. The molecule has 2 nitrogen and oxygen atoms in total. The zero-order valence-corrected chi connectivity index (χ0v) is 7.18. The highest BCUT2D eigenvalue weighted by Gasteiger charge is 2.81. The Morgan fingerprint density at radius 1 is 1.17 bits per heavy atom. The Bertz CT molecular complexity index is 265. The minimum Gasteiger partial charge on any atom is -0.390 e. The summed E-state index contributed by atoms with van der Waals surface area (Å²) in [6.45, 7) is 0. The maximum atomic E-state index is 9.63. The van der Waals surface area contributed by atoms with Crippen LogP contribution in [0, 0.1) is 5.41 Å². The van der Waals surface area contributed by atoms with Crippen molar-refractivity contribution in [2.75, 3.05) is 0 Å². The van der Waals surface area contributed by atoms with Crippen LogP contribution in [0.5, 0.6) is 0 Å². The van der Waals surface area contributed by atoms with Gasteiger partial charge < -0.3 is 9.84 Å². The number of hydrogen-bond acceptors (Lipinski definition) is 2. The van der Waals surface area contributed by atoms with E-state index >= 15 is 0 Å². The molecular formula is C10H14O2. The molecular weight excluding hydrogens is 152 g/mol. The largest absolute Gasteiger partial charge is 0.390 e. The first-order chi connectivity index (χ1) is 5.71. The number of fused-ring (bicyclic) bond motifs is 1. The van der Waals surface area contributed by atoms with Crippen LogP contribution in [-0.2, 0) is 4.74 Å². The molecule has 1 saturated heterocycles. The number of aliphatic hydroxyl groups is 1. The molecule has 2 heteroatoms. The summed E-state index contributed by atoms with van der Waals surface area (Å²) in [6.07, 6.45) is 7.19. The zero-order chi connectivity index (χ0) is 8.03. The maximum Gasteiger partial charge on any atom is 0.103 e. The first-order valence-corrected chi connectivity index (χ1v) is 5.09. The van der Waals surface area contributed by atoms with E-state index in [0.29, 0.717) is 5.41 Å². The van der Waals surface area contributed by atoms with Crippen LogP contribution in [0.1, 0.15) is 38.5 Å². The van der Waals surface area contributed by atoms with Crippen molar-refractivity contribution in [3.63, 3.8) is 0 Å². The van der Waals surface area contributed by atoms with E-state index in [9.17, 15) is 5.11 Å². The third-order valence-electron chi connectivity index (χ3n) is 4.49. The van der Waals surface area contributed by atoms with Gasteiger partial charge in [0.25, 0.3) is 0 Å². The molecule has 3 aliphatic carbocycles. The van der Waals surface area contributed by atoms with Crippen LogP contribution in [0.4, 0.5) is 0 Å². The van der Waals surface area contributed by atoms with Gasteiger partial charge in [0, 0.05) is 11.8 Å². The molecule has 0 radical (unpaired) electrons. The Kier molecular flexibility index (Phi) is 0.734. The van der Waals surface area contributed by atoms with Gasteiger partial charge in [-0.15, -0.1) is 0 Å². The van der Waals surface area contributed by atoms with Crippen LogP contribution < -0.4 is 0 Å². The van der Waals surface area contributed by atoms with Crippen LogP contribution in [-0.4, -0.2) is 22.4 Å². The predicted octanol–water partition coefficient (Wildman–Crippen LogP) is 1.22. The molecule has 3 spiro atoms. The highest BCUT2D eigenvalue weighted by atomic mass is 16.6. The predicted molar refractivity (Wildman–Crippen MR) is 42.7 cm³/mol. The number of hydrogen-bond donors (Lipinski definition) is 1. The minimum atomic E-state index is -0.125. The van der Waals surface area contributed by atoms with E-state index in [-0.39, 0.29) is 17.3 Å². The van der Waals surface area contributed by atoms with E-state index in [0.717, 1.165) is 6.42 Å². The van der Waals surface area contributed by atoms with Crippen molar-refractivity contribution in [2.45, 2.75) is 55.8 Å². The van der Waals surface area contributed by atoms with Crippen LogP contribution >= 0.6 is 0 Å². The second-order valence-electron chi connectivity index (χ2n) is 5.35. The van der Waals surface area contributed by atoms with E-state index in [4.69, 9.17) is 4.74 Å². The monoisotopic (exact) mass is 166 g/mol. The third kappa shape index (κ3) is 0.495. The lowest BCUT2D eigenvalue weighted by atomic mass is 9.93. The molecule has 2 atom stereocenters. The van der Waals surface area contributed by atoms with Crippen molar-refractivity contribution in [1.82, 2.24) is 0 Å². The second-order valence-corrected chi connectivity index (χ2v) is 5.35. The molecule has 1 heterocycles. The van der Waals surface area contributed by atoms with Gasteiger partial charge in [0.15, 0.2) is 0 Å². The first-order valence-electron chi connectivity index (χ1n) is 5.09. The molecule has 4 rings (SSSR count). The van der Waals surface area contributed by atoms with Gasteiger partial charge in [0.2, 0.25) is 0 Å². The van der Waals surface area contributed by atoms with Crippen molar-refractivity contribution >= 4 is 0 Å². The van der Waals surface area contributed by atoms with Gasteiger partial charge in [-0.05, 0) is 32.1 Å². The van der Waals surface area contributed by atoms with E-state index < -0.39 is 0 Å². The molecule has 0 aromatic rings. The normalized spacial score (nSPS) is 55.2. The van der Waals surface area contributed by atoms with Gasteiger partial charge in [-0.2, -0.15) is 0 Å². The summed E-state index contributed by atoms with van der Waals surface area (Å²) >= 11 is 0. The fourth-order valence-corrected chi connectivity index (χ4v) is 3.37. The Labute approximate surface area is 71.9 Å². The summed E-state index contributed by atoms with van der Waals surface area (Å²) in [6, 6.07) is 0. The van der Waals surface area contributed by atoms with E-state index in [1.54, 1.807) is 0 Å². The van der Waals surface area contributed by atoms with Gasteiger partial charge in [-0.1, -0.05) is 0 Å². The number of rotatable bonds is 0. The smallest absolute Gasteiger partial charge is 0.103 e. The zero-order valence-electron chi connectivity index (χ0n) is 7.18. The number of aliphatic hydroxyl groups excluding tert-OH is 1. The lowest BCUT2D eigenvalue weighted by Crippen LogP contribution is -2.24. The van der Waals surface area contributed by atoms with Crippen LogP contribution in [0.3, 0.4) is 0 Å². The van der Waals surface area contributed by atoms with Crippen molar-refractivity contribution < 1.29 is 9.84 Å². The molecule has 0 aromatic carbocycles. The Morgan fingerprint density at radius 3 is 2.17 bits per heavy atom. The molecule has 4 fully saturated rings. The summed E-state index contributed by atoms with van der Waals surface area (Å²) in [5.74, 6) is 0. The van der Waals surface area contributed by atoms with Gasteiger partial charge in [0.1, 0.15) is 5.60 Å². The van der Waals surface area contributed by atoms with Crippen molar-refractivity contribution in [2.24, 2.45) is 5.41 Å². The van der Waals surface area contributed by atoms with Crippen LogP contribution in [0.2, 0.25) is 0 Å². The summed E-state index contributed by atoms with van der Waals surface area (Å²) in [4.78, 5) is 0. The molecule has 66 valence electrons. The summed E-state index contributed by atoms with van der Waals surface area (Å²) in [5.41, 5.74) is 0.667. The van der Waals surface area contributed by atoms with E-state index in [2.05, 4.69) is 0 Å². The molecule has 2 unspecified atom stereocenters. The first kappa shape index (κ1) is 6.39. The van der Waals surface area contributed by atoms with Crippen molar-refractivity contribution in [3.8, 4) is 0 Å². The Morgan fingerprint density at radius 2 is 1.83 bits per heavy atom.